The van der Waals surface area contributed by atoms with E-state index in [9.17, 15) is 0 Å². The molecule has 1 N–H and O–H groups in total. The van der Waals surface area contributed by atoms with Crippen LogP contribution in [0.1, 0.15) is 18.5 Å². The summed E-state index contributed by atoms with van der Waals surface area (Å²) in [5.41, 5.74) is 1.86. The second-order valence-corrected chi connectivity index (χ2v) is 6.41. The standard InChI is InChI=1S/C16H27N7/c1-13-14-15(18-12-19-16(14)22(3)20-13)17-6-4-5-7-23-10-8-21(2)9-11-23/h12H,4-11H2,1-3H3,(H,17,18,19). The number of hydrogen-bond donors (Lipinski definition) is 1. The van der Waals surface area contributed by atoms with E-state index < -0.39 is 0 Å². The van der Waals surface area contributed by atoms with Crippen molar-refractivity contribution in [3.8, 4) is 0 Å². The average Bonchev–Trinajstić information content (AvgIpc) is 2.84. The minimum atomic E-state index is 0.887. The van der Waals surface area contributed by atoms with E-state index in [4.69, 9.17) is 0 Å². The summed E-state index contributed by atoms with van der Waals surface area (Å²) in [4.78, 5) is 13.7. The zero-order chi connectivity index (χ0) is 16.2. The van der Waals surface area contributed by atoms with Crippen molar-refractivity contribution >= 4 is 16.9 Å². The van der Waals surface area contributed by atoms with E-state index >= 15 is 0 Å². The van der Waals surface area contributed by atoms with Gasteiger partial charge in [0.2, 0.25) is 0 Å². The van der Waals surface area contributed by atoms with E-state index in [2.05, 4.69) is 37.2 Å². The van der Waals surface area contributed by atoms with Crippen molar-refractivity contribution in [1.29, 1.82) is 0 Å². The summed E-state index contributed by atoms with van der Waals surface area (Å²) in [6.07, 6.45) is 3.98. The van der Waals surface area contributed by atoms with Crippen LogP contribution in [0.3, 0.4) is 0 Å². The quantitative estimate of drug-likeness (QED) is 0.806. The number of anilines is 1. The van der Waals surface area contributed by atoms with Gasteiger partial charge in [0.15, 0.2) is 5.65 Å². The van der Waals surface area contributed by atoms with Gasteiger partial charge in [0.25, 0.3) is 0 Å². The van der Waals surface area contributed by atoms with Crippen LogP contribution >= 0.6 is 0 Å². The molecule has 1 fully saturated rings. The van der Waals surface area contributed by atoms with Gasteiger partial charge >= 0.3 is 0 Å². The summed E-state index contributed by atoms with van der Waals surface area (Å²) in [6.45, 7) is 8.92. The maximum absolute atomic E-state index is 4.43. The molecule has 0 atom stereocenters. The lowest BCUT2D eigenvalue weighted by Crippen LogP contribution is -2.44. The van der Waals surface area contributed by atoms with Crippen molar-refractivity contribution in [2.45, 2.75) is 19.8 Å². The molecule has 0 spiro atoms. The maximum Gasteiger partial charge on any atom is 0.163 e. The summed E-state index contributed by atoms with van der Waals surface area (Å²) in [5.74, 6) is 0.903. The van der Waals surface area contributed by atoms with E-state index in [0.29, 0.717) is 0 Å². The van der Waals surface area contributed by atoms with Crippen LogP contribution in [0, 0.1) is 6.92 Å². The lowest BCUT2D eigenvalue weighted by molar-refractivity contribution is 0.152. The number of unbranched alkanes of at least 4 members (excludes halogenated alkanes) is 1. The Bertz CT molecular complexity index is 643. The lowest BCUT2D eigenvalue weighted by Gasteiger charge is -2.32. The van der Waals surface area contributed by atoms with Gasteiger partial charge in [0, 0.05) is 39.8 Å². The lowest BCUT2D eigenvalue weighted by atomic mass is 10.2. The molecular weight excluding hydrogens is 290 g/mol. The zero-order valence-corrected chi connectivity index (χ0v) is 14.4. The molecule has 1 aliphatic rings. The second kappa shape index (κ2) is 7.23. The molecule has 3 rings (SSSR count). The van der Waals surface area contributed by atoms with Crippen LogP contribution in [-0.2, 0) is 7.05 Å². The Balaban J connectivity index is 1.46. The average molecular weight is 317 g/mol. The van der Waals surface area contributed by atoms with Gasteiger partial charge in [-0.2, -0.15) is 5.10 Å². The summed E-state index contributed by atoms with van der Waals surface area (Å²) < 4.78 is 1.81. The molecule has 126 valence electrons. The van der Waals surface area contributed by atoms with Gasteiger partial charge in [-0.25, -0.2) is 9.97 Å². The molecule has 3 heterocycles. The van der Waals surface area contributed by atoms with Crippen LogP contribution in [0.5, 0.6) is 0 Å². The Labute approximate surface area is 137 Å². The third kappa shape index (κ3) is 3.79. The monoisotopic (exact) mass is 317 g/mol. The SMILES string of the molecule is Cc1nn(C)c2ncnc(NCCCCN3CCN(C)CC3)c12. The fourth-order valence-corrected chi connectivity index (χ4v) is 3.15. The molecule has 0 saturated carbocycles. The first-order valence-electron chi connectivity index (χ1n) is 8.44. The van der Waals surface area contributed by atoms with Gasteiger partial charge in [0.05, 0.1) is 11.1 Å². The first-order valence-corrected chi connectivity index (χ1v) is 8.44. The van der Waals surface area contributed by atoms with E-state index in [-0.39, 0.29) is 0 Å². The smallest absolute Gasteiger partial charge is 0.163 e. The summed E-state index contributed by atoms with van der Waals surface area (Å²) in [6, 6.07) is 0. The highest BCUT2D eigenvalue weighted by atomic mass is 15.3. The predicted octanol–water partition coefficient (Wildman–Crippen LogP) is 1.11. The summed E-state index contributed by atoms with van der Waals surface area (Å²) >= 11 is 0. The second-order valence-electron chi connectivity index (χ2n) is 6.41. The number of aryl methyl sites for hydroxylation is 2. The van der Waals surface area contributed by atoms with Gasteiger partial charge < -0.3 is 15.1 Å². The normalized spacial score (nSPS) is 17.0. The van der Waals surface area contributed by atoms with Crippen molar-refractivity contribution in [3.05, 3.63) is 12.0 Å². The van der Waals surface area contributed by atoms with Gasteiger partial charge in [-0.3, -0.25) is 4.68 Å². The third-order valence-electron chi connectivity index (χ3n) is 4.59. The van der Waals surface area contributed by atoms with Crippen molar-refractivity contribution in [1.82, 2.24) is 29.5 Å². The first kappa shape index (κ1) is 16.1. The number of nitrogens with one attached hydrogen (secondary N) is 1. The highest BCUT2D eigenvalue weighted by Crippen LogP contribution is 2.21. The van der Waals surface area contributed by atoms with Crippen LogP contribution in [0.4, 0.5) is 5.82 Å². The van der Waals surface area contributed by atoms with Crippen LogP contribution < -0.4 is 5.32 Å². The molecule has 7 heteroatoms. The molecule has 2 aromatic rings. The Morgan fingerprint density at radius 2 is 1.87 bits per heavy atom. The zero-order valence-electron chi connectivity index (χ0n) is 14.4. The number of rotatable bonds is 6. The summed E-state index contributed by atoms with van der Waals surface area (Å²) in [7, 11) is 4.12. The Morgan fingerprint density at radius 3 is 2.65 bits per heavy atom. The van der Waals surface area contributed by atoms with Gasteiger partial charge in [-0.05, 0) is 33.4 Å². The number of piperazine rings is 1. The highest BCUT2D eigenvalue weighted by Gasteiger charge is 2.13. The molecule has 0 amide bonds. The molecule has 0 bridgehead atoms. The third-order valence-corrected chi connectivity index (χ3v) is 4.59. The number of nitrogens with zero attached hydrogens (tertiary/aromatic N) is 6. The first-order chi connectivity index (χ1) is 11.1. The molecule has 0 aromatic carbocycles. The van der Waals surface area contributed by atoms with Crippen molar-refractivity contribution in [2.24, 2.45) is 7.05 Å². The fourth-order valence-electron chi connectivity index (χ4n) is 3.15. The van der Waals surface area contributed by atoms with Gasteiger partial charge in [0.1, 0.15) is 12.1 Å². The minimum absolute atomic E-state index is 0.887. The Kier molecular flexibility index (Phi) is 5.07. The molecule has 2 aromatic heterocycles. The van der Waals surface area contributed by atoms with E-state index in [0.717, 1.165) is 35.5 Å². The van der Waals surface area contributed by atoms with Crippen LogP contribution in [0.25, 0.3) is 11.0 Å². The molecule has 1 aliphatic heterocycles. The molecule has 0 aliphatic carbocycles. The number of aromatic nitrogens is 4. The Hall–Kier alpha value is -1.73. The van der Waals surface area contributed by atoms with Gasteiger partial charge in [-0.15, -0.1) is 0 Å². The van der Waals surface area contributed by atoms with Crippen LogP contribution in [0.15, 0.2) is 6.33 Å². The van der Waals surface area contributed by atoms with Gasteiger partial charge in [-0.1, -0.05) is 0 Å². The Morgan fingerprint density at radius 1 is 1.09 bits per heavy atom. The van der Waals surface area contributed by atoms with Crippen molar-refractivity contribution in [2.75, 3.05) is 51.6 Å². The number of fused-ring (bicyclic) bond motifs is 1. The molecule has 1 saturated heterocycles. The topological polar surface area (TPSA) is 62.1 Å². The highest BCUT2D eigenvalue weighted by molar-refractivity contribution is 5.88. The minimum Gasteiger partial charge on any atom is -0.369 e. The fraction of sp³-hybridized carbons (Fsp3) is 0.688. The van der Waals surface area contributed by atoms with E-state index in [1.54, 1.807) is 6.33 Å². The molecule has 0 unspecified atom stereocenters. The van der Waals surface area contributed by atoms with E-state index in [1.807, 2.05) is 18.7 Å². The molecular formula is C16H27N7. The molecule has 23 heavy (non-hydrogen) atoms. The predicted molar refractivity (Wildman–Crippen MR) is 92.7 cm³/mol. The van der Waals surface area contributed by atoms with E-state index in [1.165, 1.54) is 39.1 Å². The number of likely N-dealkylation sites (N-methyl/N-ethyl adjacent to an activating group) is 1. The van der Waals surface area contributed by atoms with Crippen LogP contribution in [-0.4, -0.2) is 75.9 Å². The molecule has 0 radical (unpaired) electrons. The molecule has 7 nitrogen and oxygen atoms in total. The van der Waals surface area contributed by atoms with Crippen molar-refractivity contribution < 1.29 is 0 Å². The largest absolute Gasteiger partial charge is 0.369 e. The maximum atomic E-state index is 4.43. The van der Waals surface area contributed by atoms with Crippen LogP contribution in [0.2, 0.25) is 0 Å². The number of hydrogen-bond acceptors (Lipinski definition) is 6. The van der Waals surface area contributed by atoms with Crippen molar-refractivity contribution in [3.63, 3.8) is 0 Å². The summed E-state index contributed by atoms with van der Waals surface area (Å²) in [5, 5.41) is 8.92.